The molecular weight excluding hydrogens is 276 g/mol. The molecule has 1 heterocycles. The molecular formula is C13H20N4O4. The standard InChI is InChI=1S/C13H20N4O4/c14-9-11(10-15-2-1-12(18)19)13(20)16-3-4-17-5-7-21-8-6-17/h10,15H,1-8H2,(H,16,20)(H,18,19)/b11-10-. The van der Waals surface area contributed by atoms with Gasteiger partial charge in [0.2, 0.25) is 0 Å². The Morgan fingerprint density at radius 1 is 1.33 bits per heavy atom. The highest BCUT2D eigenvalue weighted by Gasteiger charge is 2.12. The van der Waals surface area contributed by atoms with Crippen LogP contribution in [0, 0.1) is 11.3 Å². The number of nitrogens with zero attached hydrogens (tertiary/aromatic N) is 2. The molecule has 0 aromatic rings. The van der Waals surface area contributed by atoms with Gasteiger partial charge in [-0.3, -0.25) is 14.5 Å². The maximum atomic E-state index is 11.7. The molecule has 1 aliphatic rings. The maximum absolute atomic E-state index is 11.7. The van der Waals surface area contributed by atoms with Crippen molar-refractivity contribution in [2.45, 2.75) is 6.42 Å². The van der Waals surface area contributed by atoms with Crippen molar-refractivity contribution in [2.24, 2.45) is 0 Å². The second-order valence-electron chi connectivity index (χ2n) is 4.48. The Morgan fingerprint density at radius 2 is 2.05 bits per heavy atom. The third-order valence-corrected chi connectivity index (χ3v) is 2.91. The second kappa shape index (κ2) is 9.74. The summed E-state index contributed by atoms with van der Waals surface area (Å²) >= 11 is 0. The second-order valence-corrected chi connectivity index (χ2v) is 4.48. The van der Waals surface area contributed by atoms with Crippen LogP contribution in [0.5, 0.6) is 0 Å². The van der Waals surface area contributed by atoms with Crippen molar-refractivity contribution in [1.29, 1.82) is 5.26 Å². The Kier molecular flexibility index (Phi) is 7.86. The lowest BCUT2D eigenvalue weighted by Gasteiger charge is -2.26. The van der Waals surface area contributed by atoms with E-state index < -0.39 is 11.9 Å². The van der Waals surface area contributed by atoms with Crippen molar-refractivity contribution in [3.63, 3.8) is 0 Å². The molecule has 0 aromatic carbocycles. The molecule has 0 radical (unpaired) electrons. The normalized spacial score (nSPS) is 16.0. The predicted molar refractivity (Wildman–Crippen MR) is 74.2 cm³/mol. The van der Waals surface area contributed by atoms with E-state index in [-0.39, 0.29) is 18.5 Å². The molecule has 0 aromatic heterocycles. The zero-order valence-electron chi connectivity index (χ0n) is 11.8. The van der Waals surface area contributed by atoms with E-state index >= 15 is 0 Å². The first kappa shape index (κ1) is 16.9. The summed E-state index contributed by atoms with van der Waals surface area (Å²) < 4.78 is 5.22. The minimum atomic E-state index is -0.940. The number of nitrogens with one attached hydrogen (secondary N) is 2. The number of nitriles is 1. The van der Waals surface area contributed by atoms with Gasteiger partial charge in [-0.2, -0.15) is 5.26 Å². The molecule has 1 aliphatic heterocycles. The quantitative estimate of drug-likeness (QED) is 0.296. The van der Waals surface area contributed by atoms with Crippen molar-refractivity contribution < 1.29 is 19.4 Å². The van der Waals surface area contributed by atoms with Crippen LogP contribution in [0.15, 0.2) is 11.8 Å². The van der Waals surface area contributed by atoms with Crippen LogP contribution in [0.2, 0.25) is 0 Å². The van der Waals surface area contributed by atoms with E-state index in [0.717, 1.165) is 13.1 Å². The van der Waals surface area contributed by atoms with Crippen LogP contribution in [0.25, 0.3) is 0 Å². The van der Waals surface area contributed by atoms with E-state index in [1.54, 1.807) is 6.07 Å². The lowest BCUT2D eigenvalue weighted by molar-refractivity contribution is -0.136. The van der Waals surface area contributed by atoms with Crippen molar-refractivity contribution >= 4 is 11.9 Å². The van der Waals surface area contributed by atoms with E-state index in [4.69, 9.17) is 15.1 Å². The fourth-order valence-electron chi connectivity index (χ4n) is 1.75. The summed E-state index contributed by atoms with van der Waals surface area (Å²) in [5.74, 6) is -1.40. The van der Waals surface area contributed by atoms with Crippen LogP contribution in [0.3, 0.4) is 0 Å². The van der Waals surface area contributed by atoms with Gasteiger partial charge in [-0.25, -0.2) is 0 Å². The molecule has 1 fully saturated rings. The van der Waals surface area contributed by atoms with Crippen molar-refractivity contribution in [1.82, 2.24) is 15.5 Å². The molecule has 0 aliphatic carbocycles. The zero-order valence-corrected chi connectivity index (χ0v) is 11.8. The molecule has 0 saturated carbocycles. The third kappa shape index (κ3) is 7.29. The van der Waals surface area contributed by atoms with Gasteiger partial charge in [0.1, 0.15) is 11.6 Å². The van der Waals surface area contributed by atoms with Gasteiger partial charge < -0.3 is 20.5 Å². The molecule has 1 rings (SSSR count). The minimum absolute atomic E-state index is 0.0673. The number of carbonyl (C=O) groups is 2. The van der Waals surface area contributed by atoms with Gasteiger partial charge in [0.05, 0.1) is 19.6 Å². The summed E-state index contributed by atoms with van der Waals surface area (Å²) in [4.78, 5) is 24.2. The van der Waals surface area contributed by atoms with Crippen LogP contribution in [0.4, 0.5) is 0 Å². The number of carboxylic acid groups (broad SMARTS) is 1. The summed E-state index contributed by atoms with van der Waals surface area (Å²) in [6, 6.07) is 1.78. The predicted octanol–water partition coefficient (Wildman–Crippen LogP) is -1.09. The van der Waals surface area contributed by atoms with Gasteiger partial charge in [-0.05, 0) is 0 Å². The van der Waals surface area contributed by atoms with Crippen molar-refractivity contribution in [2.75, 3.05) is 45.9 Å². The minimum Gasteiger partial charge on any atom is -0.481 e. The van der Waals surface area contributed by atoms with Gasteiger partial charge in [0, 0.05) is 38.9 Å². The smallest absolute Gasteiger partial charge is 0.305 e. The van der Waals surface area contributed by atoms with Crippen LogP contribution >= 0.6 is 0 Å². The first-order chi connectivity index (χ1) is 10.1. The van der Waals surface area contributed by atoms with Gasteiger partial charge >= 0.3 is 5.97 Å². The number of hydrogen-bond acceptors (Lipinski definition) is 6. The van der Waals surface area contributed by atoms with Gasteiger partial charge in [0.25, 0.3) is 5.91 Å². The number of carbonyl (C=O) groups excluding carboxylic acids is 1. The van der Waals surface area contributed by atoms with Crippen molar-refractivity contribution in [3.05, 3.63) is 11.8 Å². The molecule has 21 heavy (non-hydrogen) atoms. The number of hydrogen-bond donors (Lipinski definition) is 3. The highest BCUT2D eigenvalue weighted by Crippen LogP contribution is 1.95. The number of amides is 1. The Hall–Kier alpha value is -2.11. The number of morpholine rings is 1. The topological polar surface area (TPSA) is 115 Å². The monoisotopic (exact) mass is 296 g/mol. The summed E-state index contributed by atoms with van der Waals surface area (Å²) in [7, 11) is 0. The summed E-state index contributed by atoms with van der Waals surface area (Å²) in [6.07, 6.45) is 1.17. The molecule has 1 amide bonds. The average molecular weight is 296 g/mol. The SMILES string of the molecule is N#C/C(=C/NCCC(=O)O)C(=O)NCCN1CCOCC1. The van der Waals surface area contributed by atoms with Gasteiger partial charge in [-0.15, -0.1) is 0 Å². The fraction of sp³-hybridized carbons (Fsp3) is 0.615. The van der Waals surface area contributed by atoms with Crippen LogP contribution in [0.1, 0.15) is 6.42 Å². The number of carboxylic acids is 1. The first-order valence-corrected chi connectivity index (χ1v) is 6.77. The molecule has 8 nitrogen and oxygen atoms in total. The number of rotatable bonds is 8. The Morgan fingerprint density at radius 3 is 2.67 bits per heavy atom. The Labute approximate surface area is 123 Å². The lowest BCUT2D eigenvalue weighted by atomic mass is 10.3. The first-order valence-electron chi connectivity index (χ1n) is 6.77. The van der Waals surface area contributed by atoms with E-state index in [9.17, 15) is 9.59 Å². The molecule has 0 bridgehead atoms. The Bertz CT molecular complexity index is 424. The maximum Gasteiger partial charge on any atom is 0.305 e. The molecule has 3 N–H and O–H groups in total. The van der Waals surface area contributed by atoms with Crippen LogP contribution < -0.4 is 10.6 Å². The zero-order chi connectivity index (χ0) is 15.5. The van der Waals surface area contributed by atoms with E-state index in [0.29, 0.717) is 26.3 Å². The summed E-state index contributed by atoms with van der Waals surface area (Å²) in [5, 5.41) is 22.7. The third-order valence-electron chi connectivity index (χ3n) is 2.91. The summed E-state index contributed by atoms with van der Waals surface area (Å²) in [5.41, 5.74) is -0.0673. The number of ether oxygens (including phenoxy) is 1. The number of aliphatic carboxylic acids is 1. The molecule has 0 atom stereocenters. The molecule has 0 spiro atoms. The average Bonchev–Trinajstić information content (AvgIpc) is 2.48. The van der Waals surface area contributed by atoms with E-state index in [2.05, 4.69) is 15.5 Å². The van der Waals surface area contributed by atoms with Crippen LogP contribution in [-0.2, 0) is 14.3 Å². The lowest BCUT2D eigenvalue weighted by Crippen LogP contribution is -2.41. The molecule has 116 valence electrons. The largest absolute Gasteiger partial charge is 0.481 e. The fourth-order valence-corrected chi connectivity index (χ4v) is 1.75. The van der Waals surface area contributed by atoms with E-state index in [1.165, 1.54) is 6.20 Å². The highest BCUT2D eigenvalue weighted by molar-refractivity contribution is 5.97. The van der Waals surface area contributed by atoms with Crippen LogP contribution in [-0.4, -0.2) is 67.8 Å². The highest BCUT2D eigenvalue weighted by atomic mass is 16.5. The Balaban J connectivity index is 2.25. The van der Waals surface area contributed by atoms with Crippen molar-refractivity contribution in [3.8, 4) is 6.07 Å². The van der Waals surface area contributed by atoms with E-state index in [1.807, 2.05) is 0 Å². The molecule has 0 unspecified atom stereocenters. The summed E-state index contributed by atoms with van der Waals surface area (Å²) in [6.45, 7) is 4.41. The van der Waals surface area contributed by atoms with Gasteiger partial charge in [0.15, 0.2) is 0 Å². The molecule has 8 heteroatoms. The van der Waals surface area contributed by atoms with Gasteiger partial charge in [-0.1, -0.05) is 0 Å². The molecule has 1 saturated heterocycles.